The van der Waals surface area contributed by atoms with E-state index in [1.807, 2.05) is 6.92 Å². The van der Waals surface area contributed by atoms with Crippen molar-refractivity contribution in [3.05, 3.63) is 29.3 Å². The average Bonchev–Trinajstić information content (AvgIpc) is 2.59. The van der Waals surface area contributed by atoms with Crippen molar-refractivity contribution in [3.8, 4) is 0 Å². The van der Waals surface area contributed by atoms with Gasteiger partial charge in [-0.2, -0.15) is 4.31 Å². The fourth-order valence-corrected chi connectivity index (χ4v) is 6.06. The van der Waals surface area contributed by atoms with E-state index < -0.39 is 10.0 Å². The molecule has 0 atom stereocenters. The van der Waals surface area contributed by atoms with Crippen molar-refractivity contribution >= 4 is 15.9 Å². The summed E-state index contributed by atoms with van der Waals surface area (Å²) in [7, 11) is -3.64. The Morgan fingerprint density at radius 1 is 1.14 bits per heavy atom. The van der Waals surface area contributed by atoms with Crippen LogP contribution < -0.4 is 10.6 Å². The highest BCUT2D eigenvalue weighted by molar-refractivity contribution is 7.89. The Labute approximate surface area is 174 Å². The quantitative estimate of drug-likeness (QED) is 0.774. The molecule has 1 aromatic carbocycles. The van der Waals surface area contributed by atoms with E-state index in [0.717, 1.165) is 18.4 Å². The van der Waals surface area contributed by atoms with E-state index in [-0.39, 0.29) is 27.9 Å². The number of nitrogens with zero attached hydrogens (tertiary/aromatic N) is 1. The molecule has 2 aliphatic rings. The zero-order chi connectivity index (χ0) is 21.4. The van der Waals surface area contributed by atoms with Crippen molar-refractivity contribution in [1.29, 1.82) is 0 Å². The number of hydrogen-bond acceptors (Lipinski definition) is 5. The van der Waals surface area contributed by atoms with E-state index in [1.54, 1.807) is 12.1 Å². The van der Waals surface area contributed by atoms with Gasteiger partial charge in [0.1, 0.15) is 0 Å². The van der Waals surface area contributed by atoms with Gasteiger partial charge in [0.15, 0.2) is 0 Å². The SMILES string of the molecule is Cc1ccc(S(=O)(=O)N2CCOCC2)cc1C(=O)NC1CC(C)(C)NC(C)(C)C1. The molecular weight excluding hydrogens is 390 g/mol. The number of benzene rings is 1. The number of rotatable bonds is 4. The molecule has 0 unspecified atom stereocenters. The van der Waals surface area contributed by atoms with E-state index in [0.29, 0.717) is 31.9 Å². The molecule has 2 heterocycles. The van der Waals surface area contributed by atoms with Crippen LogP contribution in [0.5, 0.6) is 0 Å². The van der Waals surface area contributed by atoms with Crippen LogP contribution in [0.1, 0.15) is 56.5 Å². The number of carbonyl (C=O) groups is 1. The van der Waals surface area contributed by atoms with Crippen LogP contribution in [0.25, 0.3) is 0 Å². The third kappa shape index (κ3) is 5.17. The molecule has 2 N–H and O–H groups in total. The maximum Gasteiger partial charge on any atom is 0.251 e. The summed E-state index contributed by atoms with van der Waals surface area (Å²) in [5.41, 5.74) is 0.997. The maximum absolute atomic E-state index is 13.1. The van der Waals surface area contributed by atoms with Crippen molar-refractivity contribution in [3.63, 3.8) is 0 Å². The summed E-state index contributed by atoms with van der Waals surface area (Å²) in [4.78, 5) is 13.2. The first-order valence-electron chi connectivity index (χ1n) is 10.2. The lowest BCUT2D eigenvalue weighted by Crippen LogP contribution is -2.62. The van der Waals surface area contributed by atoms with Crippen LogP contribution in [-0.4, -0.2) is 62.1 Å². The summed E-state index contributed by atoms with van der Waals surface area (Å²) in [6, 6.07) is 4.81. The van der Waals surface area contributed by atoms with E-state index in [4.69, 9.17) is 4.74 Å². The van der Waals surface area contributed by atoms with Crippen LogP contribution in [0.15, 0.2) is 23.1 Å². The Bertz CT molecular complexity index is 858. The minimum absolute atomic E-state index is 0.0210. The molecule has 0 saturated carbocycles. The molecule has 0 radical (unpaired) electrons. The number of hydrogen-bond donors (Lipinski definition) is 2. The van der Waals surface area contributed by atoms with Gasteiger partial charge in [0.05, 0.1) is 18.1 Å². The molecule has 1 amide bonds. The van der Waals surface area contributed by atoms with Gasteiger partial charge in [-0.3, -0.25) is 4.79 Å². The first kappa shape index (κ1) is 22.2. The number of nitrogens with one attached hydrogen (secondary N) is 2. The van der Waals surface area contributed by atoms with Gasteiger partial charge in [-0.15, -0.1) is 0 Å². The van der Waals surface area contributed by atoms with Crippen molar-refractivity contribution < 1.29 is 17.9 Å². The van der Waals surface area contributed by atoms with E-state index >= 15 is 0 Å². The van der Waals surface area contributed by atoms with Crippen molar-refractivity contribution in [2.45, 2.75) is 69.5 Å². The van der Waals surface area contributed by atoms with Gasteiger partial charge < -0.3 is 15.4 Å². The van der Waals surface area contributed by atoms with Gasteiger partial charge in [0, 0.05) is 35.8 Å². The number of ether oxygens (including phenoxy) is 1. The standard InChI is InChI=1S/C21H33N3O4S/c1-15-6-7-17(29(26,27)24-8-10-28-11-9-24)12-18(15)19(25)22-16-13-20(2,3)23-21(4,5)14-16/h6-7,12,16,23H,8-11,13-14H2,1-5H3,(H,22,25). The fraction of sp³-hybridized carbons (Fsp3) is 0.667. The Morgan fingerprint density at radius 3 is 2.31 bits per heavy atom. The molecule has 29 heavy (non-hydrogen) atoms. The van der Waals surface area contributed by atoms with E-state index in [2.05, 4.69) is 38.3 Å². The monoisotopic (exact) mass is 423 g/mol. The topological polar surface area (TPSA) is 87.7 Å². The smallest absolute Gasteiger partial charge is 0.251 e. The normalized spacial score (nSPS) is 22.9. The summed E-state index contributed by atoms with van der Waals surface area (Å²) >= 11 is 0. The molecule has 2 saturated heterocycles. The number of carbonyl (C=O) groups excluding carboxylic acids is 1. The molecule has 1 aromatic rings. The predicted octanol–water partition coefficient (Wildman–Crippen LogP) is 2.05. The average molecular weight is 424 g/mol. The van der Waals surface area contributed by atoms with Crippen LogP contribution >= 0.6 is 0 Å². The molecule has 162 valence electrons. The van der Waals surface area contributed by atoms with Gasteiger partial charge >= 0.3 is 0 Å². The van der Waals surface area contributed by atoms with Gasteiger partial charge in [-0.1, -0.05) is 6.07 Å². The molecule has 2 aliphatic heterocycles. The Hall–Kier alpha value is -1.48. The highest BCUT2D eigenvalue weighted by atomic mass is 32.2. The Balaban J connectivity index is 1.81. The number of sulfonamides is 1. The number of amides is 1. The number of morpholine rings is 1. The van der Waals surface area contributed by atoms with E-state index in [1.165, 1.54) is 10.4 Å². The molecule has 7 nitrogen and oxygen atoms in total. The summed E-state index contributed by atoms with van der Waals surface area (Å²) in [5, 5.41) is 6.74. The first-order chi connectivity index (χ1) is 13.4. The van der Waals surface area contributed by atoms with Gasteiger partial charge in [-0.25, -0.2) is 8.42 Å². The van der Waals surface area contributed by atoms with Crippen molar-refractivity contribution in [2.24, 2.45) is 0 Å². The minimum atomic E-state index is -3.64. The zero-order valence-corrected chi connectivity index (χ0v) is 18.9. The summed E-state index contributed by atoms with van der Waals surface area (Å²) in [6.07, 6.45) is 1.62. The second kappa shape index (κ2) is 7.98. The lowest BCUT2D eigenvalue weighted by atomic mass is 9.79. The van der Waals surface area contributed by atoms with Crippen LogP contribution in [0.4, 0.5) is 0 Å². The van der Waals surface area contributed by atoms with Crippen molar-refractivity contribution in [1.82, 2.24) is 14.9 Å². The molecule has 0 bridgehead atoms. The molecule has 0 aromatic heterocycles. The second-order valence-corrected chi connectivity index (χ2v) is 11.4. The zero-order valence-electron chi connectivity index (χ0n) is 18.0. The molecule has 2 fully saturated rings. The lowest BCUT2D eigenvalue weighted by molar-refractivity contribution is 0.0730. The molecule has 0 spiro atoms. The molecule has 0 aliphatic carbocycles. The number of piperidine rings is 1. The van der Waals surface area contributed by atoms with Crippen LogP contribution in [0, 0.1) is 6.92 Å². The Kier molecular flexibility index (Phi) is 6.11. The second-order valence-electron chi connectivity index (χ2n) is 9.46. The minimum Gasteiger partial charge on any atom is -0.379 e. The largest absolute Gasteiger partial charge is 0.379 e. The number of aryl methyl sites for hydroxylation is 1. The molecule has 3 rings (SSSR count). The first-order valence-corrected chi connectivity index (χ1v) is 11.6. The molecule has 8 heteroatoms. The highest BCUT2D eigenvalue weighted by Crippen LogP contribution is 2.29. The summed E-state index contributed by atoms with van der Waals surface area (Å²) in [5.74, 6) is -0.222. The van der Waals surface area contributed by atoms with Gasteiger partial charge in [-0.05, 0) is 65.2 Å². The Morgan fingerprint density at radius 2 is 1.72 bits per heavy atom. The van der Waals surface area contributed by atoms with Gasteiger partial charge in [0.2, 0.25) is 10.0 Å². The van der Waals surface area contributed by atoms with Crippen molar-refractivity contribution in [2.75, 3.05) is 26.3 Å². The fourth-order valence-electron chi connectivity index (χ4n) is 4.63. The van der Waals surface area contributed by atoms with Crippen LogP contribution in [0.2, 0.25) is 0 Å². The maximum atomic E-state index is 13.1. The lowest BCUT2D eigenvalue weighted by Gasteiger charge is -2.46. The van der Waals surface area contributed by atoms with Gasteiger partial charge in [0.25, 0.3) is 5.91 Å². The van der Waals surface area contributed by atoms with Crippen LogP contribution in [-0.2, 0) is 14.8 Å². The third-order valence-electron chi connectivity index (χ3n) is 5.59. The highest BCUT2D eigenvalue weighted by Gasteiger charge is 2.38. The third-order valence-corrected chi connectivity index (χ3v) is 7.48. The molecular formula is C21H33N3O4S. The summed E-state index contributed by atoms with van der Waals surface area (Å²) < 4.78 is 32.6. The predicted molar refractivity (Wildman–Crippen MR) is 113 cm³/mol. The van der Waals surface area contributed by atoms with Crippen LogP contribution in [0.3, 0.4) is 0 Å². The summed E-state index contributed by atoms with van der Waals surface area (Å²) in [6.45, 7) is 11.8. The van der Waals surface area contributed by atoms with E-state index in [9.17, 15) is 13.2 Å².